The highest BCUT2D eigenvalue weighted by Crippen LogP contribution is 2.30. The minimum absolute atomic E-state index is 0.337. The van der Waals surface area contributed by atoms with Crippen molar-refractivity contribution in [2.24, 2.45) is 5.92 Å². The molecule has 0 bridgehead atoms. The molecule has 1 aliphatic carbocycles. The van der Waals surface area contributed by atoms with Crippen LogP contribution in [0.15, 0.2) is 24.4 Å². The van der Waals surface area contributed by atoms with Crippen LogP contribution >= 0.6 is 0 Å². The van der Waals surface area contributed by atoms with Crippen molar-refractivity contribution in [2.75, 3.05) is 0 Å². The number of allylic oxidation sites excluding steroid dienone is 2. The maximum absolute atomic E-state index is 13.4. The number of carbonyl (C=O) groups is 1. The minimum atomic E-state index is -0.781. The van der Waals surface area contributed by atoms with Crippen LogP contribution in [0.3, 0.4) is 0 Å². The van der Waals surface area contributed by atoms with E-state index >= 15 is 0 Å². The summed E-state index contributed by atoms with van der Waals surface area (Å²) < 4.78 is 13.4. The Bertz CT molecular complexity index is 442. The summed E-state index contributed by atoms with van der Waals surface area (Å²) in [6.07, 6.45) is 4.92. The lowest BCUT2D eigenvalue weighted by atomic mass is 9.88. The lowest BCUT2D eigenvalue weighted by molar-refractivity contribution is -0.141. The summed E-state index contributed by atoms with van der Waals surface area (Å²) in [6, 6.07) is 2.91. The largest absolute Gasteiger partial charge is 0.481 e. The number of carboxylic acid groups (broad SMARTS) is 1. The molecule has 1 heterocycles. The fraction of sp³-hybridized carbons (Fsp3) is 0.333. The van der Waals surface area contributed by atoms with Gasteiger partial charge in [-0.05, 0) is 37.0 Å². The summed E-state index contributed by atoms with van der Waals surface area (Å²) >= 11 is 0. The number of carboxylic acids is 1. The number of rotatable bonds is 2. The van der Waals surface area contributed by atoms with Crippen molar-refractivity contribution in [1.29, 1.82) is 0 Å². The molecule has 3 nitrogen and oxygen atoms in total. The van der Waals surface area contributed by atoms with Gasteiger partial charge >= 0.3 is 5.97 Å². The molecular weight excluding hydrogens is 209 g/mol. The SMILES string of the molecule is O=C(O)C1CC=C(c2ncccc2F)CC1. The molecule has 84 valence electrons. The predicted octanol–water partition coefficient (Wildman–Crippen LogP) is 2.49. The molecule has 1 aromatic rings. The van der Waals surface area contributed by atoms with Crippen molar-refractivity contribution >= 4 is 11.5 Å². The summed E-state index contributed by atoms with van der Waals surface area (Å²) in [5, 5.41) is 8.83. The zero-order valence-electron chi connectivity index (χ0n) is 8.69. The highest BCUT2D eigenvalue weighted by atomic mass is 19.1. The molecule has 1 aromatic heterocycles. The van der Waals surface area contributed by atoms with Crippen molar-refractivity contribution in [3.05, 3.63) is 35.9 Å². The minimum Gasteiger partial charge on any atom is -0.481 e. The van der Waals surface area contributed by atoms with Crippen LogP contribution < -0.4 is 0 Å². The maximum Gasteiger partial charge on any atom is 0.306 e. The molecule has 1 N–H and O–H groups in total. The standard InChI is InChI=1S/C12H12FNO2/c13-10-2-1-7-14-11(10)8-3-5-9(6-4-8)12(15)16/h1-3,7,9H,4-6H2,(H,15,16). The van der Waals surface area contributed by atoms with Crippen molar-refractivity contribution in [3.8, 4) is 0 Å². The number of hydrogen-bond acceptors (Lipinski definition) is 2. The van der Waals surface area contributed by atoms with E-state index in [0.29, 0.717) is 25.0 Å². The number of hydrogen-bond donors (Lipinski definition) is 1. The number of aromatic nitrogens is 1. The lowest BCUT2D eigenvalue weighted by Gasteiger charge is -2.18. The Morgan fingerprint density at radius 3 is 2.94 bits per heavy atom. The quantitative estimate of drug-likeness (QED) is 0.834. The van der Waals surface area contributed by atoms with Gasteiger partial charge in [-0.2, -0.15) is 0 Å². The van der Waals surface area contributed by atoms with E-state index in [4.69, 9.17) is 5.11 Å². The molecular formula is C12H12FNO2. The average molecular weight is 221 g/mol. The van der Waals surface area contributed by atoms with Crippen LogP contribution in [0.25, 0.3) is 5.57 Å². The number of aliphatic carboxylic acids is 1. The average Bonchev–Trinajstić information content (AvgIpc) is 2.30. The van der Waals surface area contributed by atoms with E-state index in [-0.39, 0.29) is 11.7 Å². The summed E-state index contributed by atoms with van der Waals surface area (Å²) in [5.41, 5.74) is 1.17. The van der Waals surface area contributed by atoms with Gasteiger partial charge in [0.15, 0.2) is 0 Å². The second-order valence-corrected chi connectivity index (χ2v) is 3.87. The van der Waals surface area contributed by atoms with Gasteiger partial charge in [-0.25, -0.2) is 4.39 Å². The van der Waals surface area contributed by atoms with Gasteiger partial charge in [-0.3, -0.25) is 9.78 Å². The Morgan fingerprint density at radius 1 is 1.56 bits per heavy atom. The monoisotopic (exact) mass is 221 g/mol. The fourth-order valence-electron chi connectivity index (χ4n) is 1.90. The molecule has 2 rings (SSSR count). The van der Waals surface area contributed by atoms with Crippen molar-refractivity contribution in [2.45, 2.75) is 19.3 Å². The number of halogens is 1. The molecule has 1 atom stereocenters. The van der Waals surface area contributed by atoms with Crippen LogP contribution in [0.4, 0.5) is 4.39 Å². The van der Waals surface area contributed by atoms with Crippen LogP contribution in [0.5, 0.6) is 0 Å². The van der Waals surface area contributed by atoms with Gasteiger partial charge in [0.2, 0.25) is 0 Å². The van der Waals surface area contributed by atoms with Crippen LogP contribution in [-0.2, 0) is 4.79 Å². The summed E-state index contributed by atoms with van der Waals surface area (Å²) in [7, 11) is 0. The first-order chi connectivity index (χ1) is 7.68. The van der Waals surface area contributed by atoms with E-state index in [2.05, 4.69) is 4.98 Å². The molecule has 0 saturated carbocycles. The smallest absolute Gasteiger partial charge is 0.306 e. The zero-order valence-corrected chi connectivity index (χ0v) is 8.69. The molecule has 0 fully saturated rings. The van der Waals surface area contributed by atoms with Gasteiger partial charge in [0, 0.05) is 6.20 Å². The number of nitrogens with zero attached hydrogens (tertiary/aromatic N) is 1. The highest BCUT2D eigenvalue weighted by molar-refractivity contribution is 5.73. The van der Waals surface area contributed by atoms with E-state index in [9.17, 15) is 9.18 Å². The third-order valence-corrected chi connectivity index (χ3v) is 2.82. The van der Waals surface area contributed by atoms with Crippen LogP contribution in [0, 0.1) is 11.7 Å². The zero-order chi connectivity index (χ0) is 11.5. The van der Waals surface area contributed by atoms with Crippen LogP contribution in [-0.4, -0.2) is 16.1 Å². The van der Waals surface area contributed by atoms with E-state index in [1.54, 1.807) is 18.3 Å². The summed E-state index contributed by atoms with van der Waals surface area (Å²) in [6.45, 7) is 0. The highest BCUT2D eigenvalue weighted by Gasteiger charge is 2.22. The lowest BCUT2D eigenvalue weighted by Crippen LogP contribution is -2.16. The van der Waals surface area contributed by atoms with Crippen LogP contribution in [0.2, 0.25) is 0 Å². The van der Waals surface area contributed by atoms with Gasteiger partial charge in [0.05, 0.1) is 5.92 Å². The third kappa shape index (κ3) is 2.10. The van der Waals surface area contributed by atoms with Crippen molar-refractivity contribution < 1.29 is 14.3 Å². The molecule has 0 saturated heterocycles. The normalized spacial score (nSPS) is 20.3. The molecule has 0 spiro atoms. The van der Waals surface area contributed by atoms with E-state index in [0.717, 1.165) is 5.57 Å². The maximum atomic E-state index is 13.4. The second-order valence-electron chi connectivity index (χ2n) is 3.87. The molecule has 1 aliphatic rings. The molecule has 0 aliphatic heterocycles. The van der Waals surface area contributed by atoms with E-state index < -0.39 is 5.97 Å². The predicted molar refractivity (Wildman–Crippen MR) is 57.1 cm³/mol. The molecule has 1 unspecified atom stereocenters. The fourth-order valence-corrected chi connectivity index (χ4v) is 1.90. The first-order valence-electron chi connectivity index (χ1n) is 5.21. The van der Waals surface area contributed by atoms with Gasteiger partial charge in [-0.1, -0.05) is 6.08 Å². The molecule has 0 amide bonds. The Kier molecular flexibility index (Phi) is 2.99. The summed E-state index contributed by atoms with van der Waals surface area (Å²) in [5.74, 6) is -1.46. The Labute approximate surface area is 92.6 Å². The number of pyridine rings is 1. The topological polar surface area (TPSA) is 50.2 Å². The van der Waals surface area contributed by atoms with E-state index in [1.165, 1.54) is 6.07 Å². The van der Waals surface area contributed by atoms with E-state index in [1.807, 2.05) is 0 Å². The van der Waals surface area contributed by atoms with Gasteiger partial charge < -0.3 is 5.11 Å². The Hall–Kier alpha value is -1.71. The second kappa shape index (κ2) is 4.43. The first kappa shape index (κ1) is 10.8. The van der Waals surface area contributed by atoms with Crippen LogP contribution in [0.1, 0.15) is 25.0 Å². The van der Waals surface area contributed by atoms with Gasteiger partial charge in [-0.15, -0.1) is 0 Å². The molecule has 0 aromatic carbocycles. The third-order valence-electron chi connectivity index (χ3n) is 2.82. The van der Waals surface area contributed by atoms with Gasteiger partial charge in [0.1, 0.15) is 11.5 Å². The summed E-state index contributed by atoms with van der Waals surface area (Å²) in [4.78, 5) is 14.7. The van der Waals surface area contributed by atoms with Crippen molar-refractivity contribution in [3.63, 3.8) is 0 Å². The van der Waals surface area contributed by atoms with Gasteiger partial charge in [0.25, 0.3) is 0 Å². The molecule has 16 heavy (non-hydrogen) atoms. The molecule has 0 radical (unpaired) electrons. The molecule has 4 heteroatoms. The Morgan fingerprint density at radius 2 is 2.38 bits per heavy atom. The Balaban J connectivity index is 2.19. The van der Waals surface area contributed by atoms with Crippen molar-refractivity contribution in [1.82, 2.24) is 4.98 Å². The first-order valence-corrected chi connectivity index (χ1v) is 5.21.